The number of rotatable bonds is 9. The summed E-state index contributed by atoms with van der Waals surface area (Å²) in [5.74, 6) is 5.11. The largest absolute Gasteiger partial charge is 0.368 e. The maximum atomic E-state index is 13.6. The van der Waals surface area contributed by atoms with Crippen molar-refractivity contribution in [2.24, 2.45) is 11.8 Å². The molecule has 1 unspecified atom stereocenters. The summed E-state index contributed by atoms with van der Waals surface area (Å²) in [5.41, 5.74) is 7.66. The van der Waals surface area contributed by atoms with E-state index in [9.17, 15) is 24.0 Å². The van der Waals surface area contributed by atoms with E-state index in [0.29, 0.717) is 54.7 Å². The number of imide groups is 2. The molecule has 8 rings (SSSR count). The van der Waals surface area contributed by atoms with Gasteiger partial charge in [-0.1, -0.05) is 53.8 Å². The molecule has 5 amide bonds. The summed E-state index contributed by atoms with van der Waals surface area (Å²) in [6.07, 6.45) is 3.59. The van der Waals surface area contributed by atoms with Crippen LogP contribution < -0.4 is 15.5 Å². The van der Waals surface area contributed by atoms with E-state index in [2.05, 4.69) is 56.2 Å². The van der Waals surface area contributed by atoms with E-state index in [1.165, 1.54) is 0 Å². The van der Waals surface area contributed by atoms with Crippen LogP contribution in [0.2, 0.25) is 5.02 Å². The van der Waals surface area contributed by atoms with E-state index in [-0.39, 0.29) is 36.1 Å². The van der Waals surface area contributed by atoms with Gasteiger partial charge in [-0.25, -0.2) is 4.85 Å². The van der Waals surface area contributed by atoms with Gasteiger partial charge in [0.2, 0.25) is 23.4 Å². The first kappa shape index (κ1) is 41.5. The predicted octanol–water partition coefficient (Wildman–Crippen LogP) is 5.92. The summed E-state index contributed by atoms with van der Waals surface area (Å²) < 4.78 is 1.99. The highest BCUT2D eigenvalue weighted by atomic mass is 35.5. The molecule has 1 atom stereocenters. The fraction of sp³-hybridized carbons (Fsp3) is 0.383. The molecule has 1 aliphatic carbocycles. The number of nitrogens with zero attached hydrogens (tertiary/aromatic N) is 6. The van der Waals surface area contributed by atoms with Crippen molar-refractivity contribution in [2.45, 2.75) is 65.0 Å². The monoisotopic (exact) mass is 838 g/mol. The number of nitrogens with one attached hydrogen (secondary N) is 2. The normalized spacial score (nSPS) is 20.5. The van der Waals surface area contributed by atoms with Crippen LogP contribution in [0.5, 0.6) is 0 Å². The highest BCUT2D eigenvalue weighted by Gasteiger charge is 2.46. The number of anilines is 1. The smallest absolute Gasteiger partial charge is 0.264 e. The van der Waals surface area contributed by atoms with E-state index in [0.717, 1.165) is 77.3 Å². The number of aromatic nitrogens is 2. The van der Waals surface area contributed by atoms with E-state index in [1.807, 2.05) is 35.9 Å². The van der Waals surface area contributed by atoms with Crippen LogP contribution in [0.25, 0.3) is 16.1 Å². The Morgan fingerprint density at radius 3 is 2.41 bits per heavy atom. The van der Waals surface area contributed by atoms with Crippen LogP contribution in [-0.2, 0) is 20.9 Å². The lowest BCUT2D eigenvalue weighted by Gasteiger charge is -2.37. The third-order valence-electron chi connectivity index (χ3n) is 12.5. The molecule has 4 heterocycles. The lowest BCUT2D eigenvalue weighted by atomic mass is 9.82. The van der Waals surface area contributed by atoms with E-state index in [1.54, 1.807) is 24.3 Å². The highest BCUT2D eigenvalue weighted by molar-refractivity contribution is 6.33. The molecule has 2 saturated heterocycles. The molecular formula is C47H47ClN8O5. The number of halogens is 1. The average Bonchev–Trinajstić information content (AvgIpc) is 3.69. The van der Waals surface area contributed by atoms with Crippen molar-refractivity contribution in [1.82, 2.24) is 30.2 Å². The van der Waals surface area contributed by atoms with Gasteiger partial charge >= 0.3 is 0 Å². The van der Waals surface area contributed by atoms with Crippen LogP contribution in [-0.4, -0.2) is 94.4 Å². The lowest BCUT2D eigenvalue weighted by molar-refractivity contribution is -0.136. The highest BCUT2D eigenvalue weighted by Crippen LogP contribution is 2.36. The number of hydrogen-bond donors (Lipinski definition) is 2. The first-order chi connectivity index (χ1) is 29.5. The summed E-state index contributed by atoms with van der Waals surface area (Å²) in [7, 11) is 0. The zero-order chi connectivity index (χ0) is 42.8. The number of carbonyl (C=O) groups is 5. The number of piperazine rings is 1. The van der Waals surface area contributed by atoms with Crippen molar-refractivity contribution >= 4 is 52.5 Å². The molecule has 3 aliphatic heterocycles. The van der Waals surface area contributed by atoms with Crippen LogP contribution in [0.1, 0.15) is 81.6 Å². The quantitative estimate of drug-likeness (QED) is 0.120. The van der Waals surface area contributed by atoms with Gasteiger partial charge < -0.3 is 10.2 Å². The van der Waals surface area contributed by atoms with Gasteiger partial charge in [-0.15, -0.1) is 0 Å². The molecule has 13 nitrogen and oxygen atoms in total. The minimum absolute atomic E-state index is 0.0145. The van der Waals surface area contributed by atoms with Gasteiger partial charge in [0.05, 0.1) is 35.6 Å². The van der Waals surface area contributed by atoms with Gasteiger partial charge in [-0.3, -0.25) is 43.8 Å². The number of benzene rings is 3. The predicted molar refractivity (Wildman–Crippen MR) is 231 cm³/mol. The van der Waals surface area contributed by atoms with E-state index in [4.69, 9.17) is 23.3 Å². The number of carbonyl (C=O) groups excluding carboxylic acids is 5. The van der Waals surface area contributed by atoms with Crippen molar-refractivity contribution < 1.29 is 24.0 Å². The van der Waals surface area contributed by atoms with Crippen molar-refractivity contribution in [3.63, 3.8) is 0 Å². The molecule has 14 heteroatoms. The molecule has 1 saturated carbocycles. The Balaban J connectivity index is 0.763. The molecule has 0 radical (unpaired) electrons. The molecule has 0 spiro atoms. The van der Waals surface area contributed by atoms with Gasteiger partial charge in [-0.2, -0.15) is 5.10 Å². The third-order valence-corrected chi connectivity index (χ3v) is 12.8. The van der Waals surface area contributed by atoms with Gasteiger partial charge in [0.1, 0.15) is 6.04 Å². The fourth-order valence-corrected chi connectivity index (χ4v) is 9.04. The first-order valence-corrected chi connectivity index (χ1v) is 21.3. The zero-order valence-electron chi connectivity index (χ0n) is 34.3. The molecule has 61 heavy (non-hydrogen) atoms. The minimum atomic E-state index is -1.00. The Hall–Kier alpha value is -6.28. The Morgan fingerprint density at radius 2 is 1.70 bits per heavy atom. The van der Waals surface area contributed by atoms with Gasteiger partial charge in [0.15, 0.2) is 0 Å². The molecule has 1 aromatic heterocycles. The standard InChI is InChI=1S/C47H47ClN8O5/c1-29-30(2)55(52-43(29)35-17-18-38(49-3)37(48)27-35)28-33-11-9-31(10-12-33)7-8-32-13-15-34(16-14-32)44(58)50-21-22-53-23-25-54(26-24-53)39-6-4-5-36-42(39)47(61)56(46(36)60)40-19-20-41(57)51-45(40)59/h4-6,9-12,17-18,27,32,34,40H,13-16,19-26,28H2,1-2H3,(H,50,58)(H,51,57,59). The molecular weight excluding hydrogens is 792 g/mol. The van der Waals surface area contributed by atoms with Crippen LogP contribution >= 0.6 is 11.6 Å². The topological polar surface area (TPSA) is 141 Å². The van der Waals surface area contributed by atoms with Crippen LogP contribution in [0, 0.1) is 44.1 Å². The average molecular weight is 839 g/mol. The summed E-state index contributed by atoms with van der Waals surface area (Å²) in [6, 6.07) is 17.9. The maximum absolute atomic E-state index is 13.6. The van der Waals surface area contributed by atoms with Crippen molar-refractivity contribution in [3.8, 4) is 23.1 Å². The molecule has 312 valence electrons. The minimum Gasteiger partial charge on any atom is -0.368 e. The summed E-state index contributed by atoms with van der Waals surface area (Å²) in [4.78, 5) is 73.0. The summed E-state index contributed by atoms with van der Waals surface area (Å²) >= 11 is 6.31. The van der Waals surface area contributed by atoms with Gasteiger partial charge in [0, 0.05) is 79.4 Å². The number of piperidine rings is 1. The van der Waals surface area contributed by atoms with Crippen LogP contribution in [0.15, 0.2) is 60.7 Å². The summed E-state index contributed by atoms with van der Waals surface area (Å²) in [6.45, 7) is 16.0. The van der Waals surface area contributed by atoms with Gasteiger partial charge in [-0.05, 0) is 87.4 Å². The molecule has 0 bridgehead atoms. The second-order valence-electron chi connectivity index (χ2n) is 16.3. The van der Waals surface area contributed by atoms with E-state index >= 15 is 0 Å². The van der Waals surface area contributed by atoms with Crippen LogP contribution in [0.3, 0.4) is 0 Å². The van der Waals surface area contributed by atoms with Crippen molar-refractivity contribution in [2.75, 3.05) is 44.2 Å². The maximum Gasteiger partial charge on any atom is 0.264 e. The molecule has 3 fully saturated rings. The molecule has 4 aliphatic rings. The third kappa shape index (κ3) is 8.67. The van der Waals surface area contributed by atoms with Crippen molar-refractivity contribution in [3.05, 3.63) is 111 Å². The number of hydrogen-bond acceptors (Lipinski definition) is 8. The lowest BCUT2D eigenvalue weighted by Crippen LogP contribution is -2.54. The fourth-order valence-electron chi connectivity index (χ4n) is 8.82. The van der Waals surface area contributed by atoms with Crippen LogP contribution in [0.4, 0.5) is 11.4 Å². The molecule has 4 aromatic rings. The number of amides is 5. The zero-order valence-corrected chi connectivity index (χ0v) is 35.1. The molecule has 3 aromatic carbocycles. The Kier molecular flexibility index (Phi) is 12.1. The second kappa shape index (κ2) is 17.7. The first-order valence-electron chi connectivity index (χ1n) is 20.9. The van der Waals surface area contributed by atoms with Crippen molar-refractivity contribution in [1.29, 1.82) is 0 Å². The Bertz CT molecular complexity index is 2520. The number of fused-ring (bicyclic) bond motifs is 1. The Morgan fingerprint density at radius 1 is 0.951 bits per heavy atom. The SMILES string of the molecule is [C-]#[N+]c1ccc(-c2nn(Cc3ccc(C#CC4CCC(C(=O)NCCN5CCN(c6cccc7c6C(=O)N(C6CCC(=O)NC6=O)C7=O)CC5)CC4)cc3)c(C)c2C)cc1Cl. The molecule has 2 N–H and O–H groups in total. The van der Waals surface area contributed by atoms with Gasteiger partial charge in [0.25, 0.3) is 11.8 Å². The second-order valence-corrected chi connectivity index (χ2v) is 16.7. The van der Waals surface area contributed by atoms with E-state index < -0.39 is 29.7 Å². The summed E-state index contributed by atoms with van der Waals surface area (Å²) in [5, 5.41) is 10.7. The Labute approximate surface area is 360 Å².